The minimum atomic E-state index is 0.190. The Balaban J connectivity index is 3.47. The second-order valence-electron chi connectivity index (χ2n) is 5.96. The van der Waals surface area contributed by atoms with E-state index in [0.717, 1.165) is 32.1 Å². The van der Waals surface area contributed by atoms with Crippen LogP contribution in [0, 0.1) is 0 Å². The Morgan fingerprint density at radius 3 is 1.82 bits per heavy atom. The smallest absolute Gasteiger partial charge is 0.211 e. The fourth-order valence-corrected chi connectivity index (χ4v) is 2.66. The molecular formula is C18H32N2O2. The van der Waals surface area contributed by atoms with Gasteiger partial charge in [-0.05, 0) is 19.3 Å². The molecule has 0 aromatic heterocycles. The molecule has 0 aliphatic rings. The number of nitrogens with zero attached hydrogens (tertiary/aromatic N) is 2. The highest BCUT2D eigenvalue weighted by molar-refractivity contribution is 5.33. The zero-order valence-electron chi connectivity index (χ0n) is 14.2. The molecule has 0 heterocycles. The first-order valence-corrected chi connectivity index (χ1v) is 8.95. The molecule has 0 aliphatic heterocycles. The minimum absolute atomic E-state index is 0.190. The molecule has 0 aromatic rings. The molecule has 0 amide bonds. The van der Waals surface area contributed by atoms with Crippen molar-refractivity contribution >= 4 is 12.2 Å². The quantitative estimate of drug-likeness (QED) is 0.226. The monoisotopic (exact) mass is 308 g/mol. The fraction of sp³-hybridized carbons (Fsp3) is 0.889. The summed E-state index contributed by atoms with van der Waals surface area (Å²) in [5.74, 6) is 0. The van der Waals surface area contributed by atoms with Gasteiger partial charge in [-0.2, -0.15) is 0 Å². The van der Waals surface area contributed by atoms with Gasteiger partial charge in [-0.25, -0.2) is 19.6 Å². The van der Waals surface area contributed by atoms with Gasteiger partial charge in [-0.1, -0.05) is 71.1 Å². The lowest BCUT2D eigenvalue weighted by Gasteiger charge is -2.10. The van der Waals surface area contributed by atoms with Crippen molar-refractivity contribution in [1.82, 2.24) is 0 Å². The Morgan fingerprint density at radius 2 is 1.27 bits per heavy atom. The van der Waals surface area contributed by atoms with Crippen LogP contribution in [0.1, 0.15) is 90.4 Å². The van der Waals surface area contributed by atoms with Gasteiger partial charge >= 0.3 is 0 Å². The average molecular weight is 308 g/mol. The first-order valence-electron chi connectivity index (χ1n) is 8.95. The van der Waals surface area contributed by atoms with Crippen LogP contribution in [0.2, 0.25) is 0 Å². The van der Waals surface area contributed by atoms with Crippen molar-refractivity contribution in [3.05, 3.63) is 0 Å². The van der Waals surface area contributed by atoms with Crippen LogP contribution in [0.25, 0.3) is 0 Å². The second-order valence-corrected chi connectivity index (χ2v) is 5.96. The molecular weight excluding hydrogens is 276 g/mol. The maximum absolute atomic E-state index is 10.5. The van der Waals surface area contributed by atoms with Crippen LogP contribution in [-0.4, -0.2) is 24.7 Å². The van der Waals surface area contributed by atoms with Crippen LogP contribution < -0.4 is 0 Å². The number of carbonyl (C=O) groups excluding carboxylic acids is 2. The predicted octanol–water partition coefficient (Wildman–Crippen LogP) is 5.12. The van der Waals surface area contributed by atoms with Crippen LogP contribution in [-0.2, 0) is 9.59 Å². The Bertz CT molecular complexity index is 332. The molecule has 4 nitrogen and oxygen atoms in total. The highest BCUT2D eigenvalue weighted by Crippen LogP contribution is 2.15. The number of isocyanates is 2. The molecule has 1 atom stereocenters. The van der Waals surface area contributed by atoms with Crippen molar-refractivity contribution in [1.29, 1.82) is 0 Å². The van der Waals surface area contributed by atoms with E-state index in [-0.39, 0.29) is 6.04 Å². The molecule has 0 bridgehead atoms. The van der Waals surface area contributed by atoms with Crippen molar-refractivity contribution < 1.29 is 9.59 Å². The summed E-state index contributed by atoms with van der Waals surface area (Å²) in [5.41, 5.74) is 0. The molecule has 0 radical (unpaired) electrons. The molecule has 0 rings (SSSR count). The highest BCUT2D eigenvalue weighted by atomic mass is 16.1. The van der Waals surface area contributed by atoms with Gasteiger partial charge in [-0.3, -0.25) is 0 Å². The van der Waals surface area contributed by atoms with E-state index in [1.54, 1.807) is 12.2 Å². The van der Waals surface area contributed by atoms with Crippen LogP contribution in [0.5, 0.6) is 0 Å². The summed E-state index contributed by atoms with van der Waals surface area (Å²) < 4.78 is 0. The summed E-state index contributed by atoms with van der Waals surface area (Å²) in [4.78, 5) is 27.8. The largest absolute Gasteiger partial charge is 0.235 e. The molecule has 0 saturated heterocycles. The summed E-state index contributed by atoms with van der Waals surface area (Å²) >= 11 is 0. The maximum Gasteiger partial charge on any atom is 0.235 e. The van der Waals surface area contributed by atoms with Gasteiger partial charge in [0.2, 0.25) is 12.2 Å². The van der Waals surface area contributed by atoms with E-state index in [0.29, 0.717) is 6.54 Å². The van der Waals surface area contributed by atoms with E-state index in [9.17, 15) is 9.59 Å². The minimum Gasteiger partial charge on any atom is -0.211 e. The van der Waals surface area contributed by atoms with Crippen LogP contribution in [0.4, 0.5) is 0 Å². The van der Waals surface area contributed by atoms with Crippen molar-refractivity contribution in [2.75, 3.05) is 6.54 Å². The van der Waals surface area contributed by atoms with Crippen molar-refractivity contribution in [3.8, 4) is 0 Å². The fourth-order valence-electron chi connectivity index (χ4n) is 2.66. The lowest BCUT2D eigenvalue weighted by molar-refractivity contribution is 0.481. The topological polar surface area (TPSA) is 58.9 Å². The Hall–Kier alpha value is -1.24. The van der Waals surface area contributed by atoms with Gasteiger partial charge in [0.1, 0.15) is 0 Å². The number of hydrogen-bond acceptors (Lipinski definition) is 4. The first-order chi connectivity index (χ1) is 10.8. The first kappa shape index (κ1) is 20.8. The molecule has 4 heteroatoms. The van der Waals surface area contributed by atoms with Crippen molar-refractivity contribution in [2.45, 2.75) is 96.4 Å². The summed E-state index contributed by atoms with van der Waals surface area (Å²) in [5, 5.41) is 0. The Kier molecular flexibility index (Phi) is 16.8. The maximum atomic E-state index is 10.5. The number of rotatable bonds is 16. The van der Waals surface area contributed by atoms with Gasteiger partial charge in [0.05, 0.1) is 12.6 Å². The number of hydrogen-bond donors (Lipinski definition) is 0. The lowest BCUT2D eigenvalue weighted by Crippen LogP contribution is -2.04. The van der Waals surface area contributed by atoms with Crippen LogP contribution in [0.3, 0.4) is 0 Å². The highest BCUT2D eigenvalue weighted by Gasteiger charge is 2.06. The summed E-state index contributed by atoms with van der Waals surface area (Å²) in [7, 11) is 0. The zero-order chi connectivity index (χ0) is 16.3. The lowest BCUT2D eigenvalue weighted by atomic mass is 10.0. The summed E-state index contributed by atoms with van der Waals surface area (Å²) in [6.45, 7) is 2.82. The second kappa shape index (κ2) is 17.8. The van der Waals surface area contributed by atoms with E-state index >= 15 is 0 Å². The molecule has 0 aliphatic carbocycles. The molecule has 0 N–H and O–H groups in total. The predicted molar refractivity (Wildman–Crippen MR) is 90.6 cm³/mol. The average Bonchev–Trinajstić information content (AvgIpc) is 2.53. The van der Waals surface area contributed by atoms with Gasteiger partial charge in [0.15, 0.2) is 0 Å². The van der Waals surface area contributed by atoms with E-state index < -0.39 is 0 Å². The molecule has 0 spiro atoms. The van der Waals surface area contributed by atoms with Gasteiger partial charge in [0, 0.05) is 0 Å². The normalized spacial score (nSPS) is 11.5. The summed E-state index contributed by atoms with van der Waals surface area (Å²) in [6.07, 6.45) is 18.5. The van der Waals surface area contributed by atoms with Crippen molar-refractivity contribution in [3.63, 3.8) is 0 Å². The van der Waals surface area contributed by atoms with Crippen LogP contribution >= 0.6 is 0 Å². The number of unbranched alkanes of at least 4 members (excludes halogenated alkanes) is 9. The summed E-state index contributed by atoms with van der Waals surface area (Å²) in [6, 6.07) is 0.190. The molecule has 22 heavy (non-hydrogen) atoms. The van der Waals surface area contributed by atoms with E-state index in [1.165, 1.54) is 51.4 Å². The third-order valence-electron chi connectivity index (χ3n) is 4.00. The molecule has 1 unspecified atom stereocenters. The van der Waals surface area contributed by atoms with E-state index in [4.69, 9.17) is 0 Å². The zero-order valence-corrected chi connectivity index (χ0v) is 14.2. The van der Waals surface area contributed by atoms with Gasteiger partial charge < -0.3 is 0 Å². The Labute approximate surface area is 135 Å². The third-order valence-corrected chi connectivity index (χ3v) is 4.00. The Morgan fingerprint density at radius 1 is 0.727 bits per heavy atom. The van der Waals surface area contributed by atoms with Crippen LogP contribution in [0.15, 0.2) is 9.98 Å². The van der Waals surface area contributed by atoms with Gasteiger partial charge in [-0.15, -0.1) is 0 Å². The van der Waals surface area contributed by atoms with Crippen molar-refractivity contribution in [2.24, 2.45) is 9.98 Å². The van der Waals surface area contributed by atoms with E-state index in [1.807, 2.05) is 0 Å². The van der Waals surface area contributed by atoms with E-state index in [2.05, 4.69) is 16.9 Å². The van der Waals surface area contributed by atoms with Gasteiger partial charge in [0.25, 0.3) is 0 Å². The third kappa shape index (κ3) is 15.2. The molecule has 0 saturated carbocycles. The standard InChI is InChI=1S/C18H32N2O2/c1-2-3-4-10-13-18(20-17-22)14-11-8-6-5-7-9-12-15-19-16-21/h18H,2-15H2,1H3. The molecule has 0 fully saturated rings. The molecule has 0 aromatic carbocycles. The number of aliphatic imine (C=N–C) groups is 2. The molecule has 126 valence electrons. The SMILES string of the molecule is CCCCCCC(CCCCCCCCCN=C=O)N=C=O.